The predicted octanol–water partition coefficient (Wildman–Crippen LogP) is 4.58. The van der Waals surface area contributed by atoms with Crippen molar-refractivity contribution in [3.05, 3.63) is 51.4 Å². The average molecular weight is 496 g/mol. The highest BCUT2D eigenvalue weighted by molar-refractivity contribution is 6.30. The number of hydrogen-bond acceptors (Lipinski definition) is 4. The Labute approximate surface area is 189 Å². The number of rotatable bonds is 7. The molecule has 1 aromatic heterocycles. The van der Waals surface area contributed by atoms with E-state index < -0.39 is 55.7 Å². The minimum Gasteiger partial charge on any atom is -0.491 e. The van der Waals surface area contributed by atoms with Gasteiger partial charge in [0.05, 0.1) is 12.1 Å². The molecule has 0 aliphatic carbocycles. The van der Waals surface area contributed by atoms with Crippen LogP contribution in [0.3, 0.4) is 0 Å². The van der Waals surface area contributed by atoms with E-state index in [-0.39, 0.29) is 34.9 Å². The predicted molar refractivity (Wildman–Crippen MR) is 108 cm³/mol. The highest BCUT2D eigenvalue weighted by Crippen LogP contribution is 2.40. The maximum atomic E-state index is 13.5. The quantitative estimate of drug-likeness (QED) is 0.449. The third-order valence-corrected chi connectivity index (χ3v) is 5.41. The summed E-state index contributed by atoms with van der Waals surface area (Å²) in [4.78, 5) is 24.5. The van der Waals surface area contributed by atoms with Gasteiger partial charge < -0.3 is 14.6 Å². The molecule has 2 heterocycles. The summed E-state index contributed by atoms with van der Waals surface area (Å²) in [5, 5.41) is 9.77. The molecule has 0 bridgehead atoms. The van der Waals surface area contributed by atoms with Crippen molar-refractivity contribution in [3.63, 3.8) is 0 Å². The molecule has 1 aliphatic rings. The van der Waals surface area contributed by atoms with Crippen LogP contribution in [0.15, 0.2) is 35.3 Å². The largest absolute Gasteiger partial charge is 0.491 e. The molecular weight excluding hydrogens is 477 g/mol. The van der Waals surface area contributed by atoms with Crippen molar-refractivity contribution < 1.29 is 41.3 Å². The van der Waals surface area contributed by atoms with E-state index >= 15 is 0 Å². The van der Waals surface area contributed by atoms with E-state index in [1.54, 1.807) is 0 Å². The second-order valence-corrected chi connectivity index (χ2v) is 7.90. The fourth-order valence-electron chi connectivity index (χ4n) is 3.55. The molecular formula is C21H19ClF5NO5. The van der Waals surface area contributed by atoms with Crippen LogP contribution in [0.1, 0.15) is 18.0 Å². The van der Waals surface area contributed by atoms with Crippen LogP contribution in [-0.2, 0) is 16.0 Å². The number of aromatic nitrogens is 1. The van der Waals surface area contributed by atoms with Crippen LogP contribution in [0.5, 0.6) is 5.75 Å². The molecule has 0 radical (unpaired) electrons. The highest BCUT2D eigenvalue weighted by Gasteiger charge is 2.41. The van der Waals surface area contributed by atoms with Crippen molar-refractivity contribution in [1.82, 2.24) is 4.57 Å². The first kappa shape index (κ1) is 25.0. The molecule has 12 heteroatoms. The summed E-state index contributed by atoms with van der Waals surface area (Å²) in [7, 11) is 0. The number of benzene rings is 1. The molecule has 6 nitrogen and oxygen atoms in total. The molecule has 0 saturated carbocycles. The summed E-state index contributed by atoms with van der Waals surface area (Å²) in [6.07, 6.45) is -7.00. The number of halogens is 6. The lowest BCUT2D eigenvalue weighted by Gasteiger charge is -2.27. The standard InChI is InChI=1S/C21H19ClF5NO5/c22-13-2-1-11-5-12(21(25,26)27)9-33-17-8-28(19(29)7-15(17)14(11)6-13)16(20(30)31)3-4-32-10-18(23)24/h1-2,6-8,12,16,18H,3-5,9-10H2,(H,30,31)/t12-,16+/m1/s1. The molecule has 1 aromatic carbocycles. The van der Waals surface area contributed by atoms with Gasteiger partial charge in [-0.2, -0.15) is 13.2 Å². The number of ether oxygens (including phenoxy) is 2. The maximum Gasteiger partial charge on any atom is 0.395 e. The summed E-state index contributed by atoms with van der Waals surface area (Å²) in [5.74, 6) is -3.42. The summed E-state index contributed by atoms with van der Waals surface area (Å²) in [5.41, 5.74) is -0.0219. The first-order valence-electron chi connectivity index (χ1n) is 9.80. The van der Waals surface area contributed by atoms with E-state index in [9.17, 15) is 36.6 Å². The molecule has 2 atom stereocenters. The summed E-state index contributed by atoms with van der Waals surface area (Å²) < 4.78 is 75.8. The number of aliphatic carboxylic acids is 1. The number of carboxylic acid groups (broad SMARTS) is 1. The van der Waals surface area contributed by atoms with Crippen LogP contribution < -0.4 is 10.3 Å². The highest BCUT2D eigenvalue weighted by atomic mass is 35.5. The number of hydrogen-bond donors (Lipinski definition) is 1. The third-order valence-electron chi connectivity index (χ3n) is 5.18. The number of fused-ring (bicyclic) bond motifs is 3. The van der Waals surface area contributed by atoms with E-state index in [1.807, 2.05) is 0 Å². The minimum atomic E-state index is -4.56. The molecule has 2 aromatic rings. The van der Waals surface area contributed by atoms with E-state index in [4.69, 9.17) is 21.1 Å². The zero-order valence-corrected chi connectivity index (χ0v) is 17.7. The van der Waals surface area contributed by atoms with E-state index in [0.717, 1.165) is 16.8 Å². The van der Waals surface area contributed by atoms with Crippen LogP contribution in [0.25, 0.3) is 11.1 Å². The zero-order chi connectivity index (χ0) is 24.3. The molecule has 180 valence electrons. The Balaban J connectivity index is 2.04. The van der Waals surface area contributed by atoms with Gasteiger partial charge in [0.15, 0.2) is 0 Å². The monoisotopic (exact) mass is 495 g/mol. The molecule has 0 fully saturated rings. The lowest BCUT2D eigenvalue weighted by molar-refractivity contribution is -0.181. The molecule has 0 saturated heterocycles. The van der Waals surface area contributed by atoms with Gasteiger partial charge in [-0.05, 0) is 29.7 Å². The van der Waals surface area contributed by atoms with Crippen molar-refractivity contribution in [2.24, 2.45) is 5.92 Å². The Morgan fingerprint density at radius 3 is 2.64 bits per heavy atom. The van der Waals surface area contributed by atoms with E-state index in [1.165, 1.54) is 18.2 Å². The third kappa shape index (κ3) is 6.02. The number of pyridine rings is 1. The number of alkyl halides is 5. The summed E-state index contributed by atoms with van der Waals surface area (Å²) in [6, 6.07) is 3.85. The van der Waals surface area contributed by atoms with Crippen molar-refractivity contribution in [2.75, 3.05) is 19.8 Å². The fraction of sp³-hybridized carbons (Fsp3) is 0.429. The average Bonchev–Trinajstić information content (AvgIpc) is 2.70. The first-order valence-corrected chi connectivity index (χ1v) is 10.2. The smallest absolute Gasteiger partial charge is 0.395 e. The number of carbonyl (C=O) groups is 1. The van der Waals surface area contributed by atoms with Crippen molar-refractivity contribution in [1.29, 1.82) is 0 Å². The lowest BCUT2D eigenvalue weighted by atomic mass is 9.91. The maximum absolute atomic E-state index is 13.5. The summed E-state index contributed by atoms with van der Waals surface area (Å²) in [6.45, 7) is -2.02. The van der Waals surface area contributed by atoms with Gasteiger partial charge in [-0.15, -0.1) is 0 Å². The number of carboxylic acids is 1. The zero-order valence-electron chi connectivity index (χ0n) is 16.9. The van der Waals surface area contributed by atoms with Gasteiger partial charge in [0.1, 0.15) is 25.0 Å². The normalized spacial score (nSPS) is 16.9. The van der Waals surface area contributed by atoms with Crippen LogP contribution >= 0.6 is 11.6 Å². The summed E-state index contributed by atoms with van der Waals surface area (Å²) >= 11 is 6.03. The van der Waals surface area contributed by atoms with Gasteiger partial charge in [-0.3, -0.25) is 9.36 Å². The second-order valence-electron chi connectivity index (χ2n) is 7.46. The first-order chi connectivity index (χ1) is 15.5. The Morgan fingerprint density at radius 1 is 1.27 bits per heavy atom. The van der Waals surface area contributed by atoms with Gasteiger partial charge in [0.25, 0.3) is 12.0 Å². The Kier molecular flexibility index (Phi) is 7.63. The molecule has 0 unspecified atom stereocenters. The van der Waals surface area contributed by atoms with Gasteiger partial charge in [-0.1, -0.05) is 17.7 Å². The minimum absolute atomic E-state index is 0.133. The molecule has 33 heavy (non-hydrogen) atoms. The van der Waals surface area contributed by atoms with Crippen LogP contribution in [0.2, 0.25) is 5.02 Å². The van der Waals surface area contributed by atoms with Crippen LogP contribution in [-0.4, -0.2) is 48.1 Å². The molecule has 1 N–H and O–H groups in total. The Bertz CT molecular complexity index is 1070. The van der Waals surface area contributed by atoms with Gasteiger partial charge >= 0.3 is 12.1 Å². The number of nitrogens with zero attached hydrogens (tertiary/aromatic N) is 1. The molecule has 0 spiro atoms. The fourth-order valence-corrected chi connectivity index (χ4v) is 3.72. The van der Waals surface area contributed by atoms with Crippen LogP contribution in [0, 0.1) is 5.92 Å². The molecule has 3 rings (SSSR count). The Hall–Kier alpha value is -2.66. The Morgan fingerprint density at radius 2 is 2.00 bits per heavy atom. The van der Waals surface area contributed by atoms with Crippen molar-refractivity contribution in [2.45, 2.75) is 31.5 Å². The topological polar surface area (TPSA) is 77.8 Å². The van der Waals surface area contributed by atoms with Gasteiger partial charge in [0, 0.05) is 29.7 Å². The van der Waals surface area contributed by atoms with Crippen LogP contribution in [0.4, 0.5) is 22.0 Å². The van der Waals surface area contributed by atoms with Gasteiger partial charge in [-0.25, -0.2) is 13.6 Å². The SMILES string of the molecule is O=C(O)[C@H](CCOCC(F)F)n1cc2c(cc1=O)-c1cc(Cl)ccc1C[C@@H](C(F)(F)F)CO2. The van der Waals surface area contributed by atoms with E-state index in [2.05, 4.69) is 0 Å². The second kappa shape index (κ2) is 10.1. The van der Waals surface area contributed by atoms with Crippen molar-refractivity contribution >= 4 is 17.6 Å². The lowest BCUT2D eigenvalue weighted by Crippen LogP contribution is -2.33. The van der Waals surface area contributed by atoms with Gasteiger partial charge in [0.2, 0.25) is 0 Å². The molecule has 0 amide bonds. The molecule has 1 aliphatic heterocycles. The van der Waals surface area contributed by atoms with E-state index in [0.29, 0.717) is 5.56 Å². The van der Waals surface area contributed by atoms with Crippen molar-refractivity contribution in [3.8, 4) is 16.9 Å².